The molecule has 0 aliphatic rings. The van der Waals surface area contributed by atoms with Gasteiger partial charge in [-0.3, -0.25) is 0 Å². The summed E-state index contributed by atoms with van der Waals surface area (Å²) in [5.74, 6) is 0. The first-order valence-electron chi connectivity index (χ1n) is 5.07. The second-order valence-electron chi connectivity index (χ2n) is 3.85. The quantitative estimate of drug-likeness (QED) is 0.919. The number of aryl methyl sites for hydroxylation is 1. The number of aliphatic hydroxyl groups excluding tert-OH is 1. The molecule has 0 saturated carbocycles. The van der Waals surface area contributed by atoms with Crippen molar-refractivity contribution >= 4 is 15.9 Å². The van der Waals surface area contributed by atoms with E-state index in [2.05, 4.69) is 21.0 Å². The maximum absolute atomic E-state index is 9.47. The Balaban J connectivity index is 2.44. The van der Waals surface area contributed by atoms with Crippen LogP contribution in [0.25, 0.3) is 5.69 Å². The monoisotopic (exact) mass is 280 g/mol. The van der Waals surface area contributed by atoms with Crippen LogP contribution in [0.4, 0.5) is 0 Å². The van der Waals surface area contributed by atoms with Crippen LogP contribution in [0, 0.1) is 6.92 Å². The highest BCUT2D eigenvalue weighted by molar-refractivity contribution is 9.10. The zero-order chi connectivity index (χ0) is 11.7. The van der Waals surface area contributed by atoms with Crippen LogP contribution in [0.5, 0.6) is 0 Å². The van der Waals surface area contributed by atoms with Crippen molar-refractivity contribution in [2.45, 2.75) is 20.0 Å². The minimum atomic E-state index is -0.454. The van der Waals surface area contributed by atoms with Gasteiger partial charge in [-0.2, -0.15) is 5.10 Å². The fourth-order valence-electron chi connectivity index (χ4n) is 1.51. The third kappa shape index (κ3) is 2.18. The molecule has 0 fully saturated rings. The molecule has 1 unspecified atom stereocenters. The normalized spacial score (nSPS) is 12.8. The highest BCUT2D eigenvalue weighted by Gasteiger charge is 2.07. The second-order valence-corrected chi connectivity index (χ2v) is 4.70. The Bertz CT molecular complexity index is 505. The third-order valence-corrected chi connectivity index (χ3v) is 3.05. The number of rotatable bonds is 2. The van der Waals surface area contributed by atoms with Crippen molar-refractivity contribution in [2.75, 3.05) is 0 Å². The Hall–Kier alpha value is -1.13. The molecule has 4 heteroatoms. The van der Waals surface area contributed by atoms with Crippen molar-refractivity contribution in [1.82, 2.24) is 9.78 Å². The number of nitrogens with zero attached hydrogens (tertiary/aromatic N) is 2. The zero-order valence-corrected chi connectivity index (χ0v) is 10.8. The Morgan fingerprint density at radius 2 is 2.19 bits per heavy atom. The number of benzene rings is 1. The van der Waals surface area contributed by atoms with Gasteiger partial charge >= 0.3 is 0 Å². The lowest BCUT2D eigenvalue weighted by atomic mass is 10.1. The van der Waals surface area contributed by atoms with E-state index in [1.165, 1.54) is 0 Å². The molecule has 2 aromatic rings. The highest BCUT2D eigenvalue weighted by atomic mass is 79.9. The van der Waals surface area contributed by atoms with E-state index in [0.29, 0.717) is 0 Å². The molecule has 1 aromatic heterocycles. The number of halogens is 1. The van der Waals surface area contributed by atoms with Crippen molar-refractivity contribution in [3.05, 3.63) is 46.2 Å². The van der Waals surface area contributed by atoms with Crippen LogP contribution in [0.2, 0.25) is 0 Å². The predicted octanol–water partition coefficient (Wildman–Crippen LogP) is 3.00. The van der Waals surface area contributed by atoms with Gasteiger partial charge in [0.05, 0.1) is 18.0 Å². The molecule has 1 atom stereocenters. The van der Waals surface area contributed by atoms with E-state index in [0.717, 1.165) is 21.3 Å². The van der Waals surface area contributed by atoms with E-state index in [4.69, 9.17) is 0 Å². The number of aliphatic hydroxyl groups is 1. The average Bonchev–Trinajstić information content (AvgIpc) is 2.64. The van der Waals surface area contributed by atoms with Crippen molar-refractivity contribution in [3.8, 4) is 5.69 Å². The molecule has 0 radical (unpaired) electrons. The van der Waals surface area contributed by atoms with Crippen LogP contribution in [0.3, 0.4) is 0 Å². The maximum atomic E-state index is 9.47. The Labute approximate surface area is 103 Å². The molecule has 0 amide bonds. The van der Waals surface area contributed by atoms with Crippen molar-refractivity contribution in [3.63, 3.8) is 0 Å². The largest absolute Gasteiger partial charge is 0.389 e. The first-order chi connectivity index (χ1) is 7.58. The molecule has 1 heterocycles. The van der Waals surface area contributed by atoms with Gasteiger partial charge in [-0.05, 0) is 53.0 Å². The summed E-state index contributed by atoms with van der Waals surface area (Å²) >= 11 is 3.49. The van der Waals surface area contributed by atoms with Crippen LogP contribution in [-0.4, -0.2) is 14.9 Å². The number of hydrogen-bond donors (Lipinski definition) is 1. The van der Waals surface area contributed by atoms with Gasteiger partial charge in [0.25, 0.3) is 0 Å². The fraction of sp³-hybridized carbons (Fsp3) is 0.250. The van der Waals surface area contributed by atoms with Crippen LogP contribution in [0.15, 0.2) is 35.1 Å². The van der Waals surface area contributed by atoms with E-state index >= 15 is 0 Å². The summed E-state index contributed by atoms with van der Waals surface area (Å²) in [6.45, 7) is 3.75. The lowest BCUT2D eigenvalue weighted by molar-refractivity contribution is 0.199. The van der Waals surface area contributed by atoms with Gasteiger partial charge < -0.3 is 5.11 Å². The average molecular weight is 281 g/mol. The fourth-order valence-corrected chi connectivity index (χ4v) is 2.09. The molecule has 0 saturated heterocycles. The molecule has 0 aliphatic carbocycles. The van der Waals surface area contributed by atoms with E-state index in [1.54, 1.807) is 6.92 Å². The molecule has 2 rings (SSSR count). The van der Waals surface area contributed by atoms with Gasteiger partial charge in [0.2, 0.25) is 0 Å². The van der Waals surface area contributed by atoms with Crippen LogP contribution >= 0.6 is 15.9 Å². The van der Waals surface area contributed by atoms with Gasteiger partial charge in [-0.1, -0.05) is 6.07 Å². The van der Waals surface area contributed by atoms with E-state index in [-0.39, 0.29) is 0 Å². The number of hydrogen-bond acceptors (Lipinski definition) is 2. The van der Waals surface area contributed by atoms with E-state index in [9.17, 15) is 5.11 Å². The summed E-state index contributed by atoms with van der Waals surface area (Å²) < 4.78 is 2.74. The Kier molecular flexibility index (Phi) is 3.12. The summed E-state index contributed by atoms with van der Waals surface area (Å²) in [6.07, 6.45) is 3.32. The highest BCUT2D eigenvalue weighted by Crippen LogP contribution is 2.25. The summed E-state index contributed by atoms with van der Waals surface area (Å²) in [5, 5.41) is 13.7. The molecular formula is C12H13BrN2O. The van der Waals surface area contributed by atoms with Gasteiger partial charge in [0, 0.05) is 10.7 Å². The van der Waals surface area contributed by atoms with Crippen molar-refractivity contribution in [1.29, 1.82) is 0 Å². The zero-order valence-electron chi connectivity index (χ0n) is 9.18. The Morgan fingerprint density at radius 1 is 1.44 bits per heavy atom. The lowest BCUT2D eigenvalue weighted by Gasteiger charge is -2.09. The first-order valence-corrected chi connectivity index (χ1v) is 5.86. The molecule has 1 aromatic carbocycles. The Morgan fingerprint density at radius 3 is 2.69 bits per heavy atom. The minimum absolute atomic E-state index is 0.454. The SMILES string of the molecule is Cc1cnn(-c2ccc(C(C)O)cc2Br)c1. The predicted molar refractivity (Wildman–Crippen MR) is 66.6 cm³/mol. The molecule has 3 nitrogen and oxygen atoms in total. The summed E-state index contributed by atoms with van der Waals surface area (Å²) in [4.78, 5) is 0. The third-order valence-electron chi connectivity index (χ3n) is 2.41. The molecular weight excluding hydrogens is 268 g/mol. The number of aromatic nitrogens is 2. The molecule has 0 bridgehead atoms. The summed E-state index contributed by atoms with van der Waals surface area (Å²) in [6, 6.07) is 5.76. The first kappa shape index (κ1) is 11.4. The van der Waals surface area contributed by atoms with Gasteiger partial charge in [0.15, 0.2) is 0 Å². The smallest absolute Gasteiger partial charge is 0.0787 e. The topological polar surface area (TPSA) is 38.0 Å². The van der Waals surface area contributed by atoms with Crippen molar-refractivity contribution < 1.29 is 5.11 Å². The molecule has 0 spiro atoms. The van der Waals surface area contributed by atoms with Crippen LogP contribution in [0.1, 0.15) is 24.2 Å². The van der Waals surface area contributed by atoms with Crippen molar-refractivity contribution in [2.24, 2.45) is 0 Å². The minimum Gasteiger partial charge on any atom is -0.389 e. The molecule has 16 heavy (non-hydrogen) atoms. The van der Waals surface area contributed by atoms with E-state index in [1.807, 2.05) is 42.2 Å². The standard InChI is InChI=1S/C12H13BrN2O/c1-8-6-14-15(7-8)12-4-3-10(9(2)16)5-11(12)13/h3-7,9,16H,1-2H3. The molecule has 1 N–H and O–H groups in total. The van der Waals surface area contributed by atoms with E-state index < -0.39 is 6.10 Å². The second kappa shape index (κ2) is 4.39. The van der Waals surface area contributed by atoms with Crippen LogP contribution in [-0.2, 0) is 0 Å². The maximum Gasteiger partial charge on any atom is 0.0787 e. The molecule has 84 valence electrons. The lowest BCUT2D eigenvalue weighted by Crippen LogP contribution is -1.98. The molecule has 0 aliphatic heterocycles. The summed E-state index contributed by atoms with van der Waals surface area (Å²) in [7, 11) is 0. The summed E-state index contributed by atoms with van der Waals surface area (Å²) in [5.41, 5.74) is 2.98. The van der Waals surface area contributed by atoms with Gasteiger partial charge in [-0.25, -0.2) is 4.68 Å². The van der Waals surface area contributed by atoms with Gasteiger partial charge in [0.1, 0.15) is 0 Å². The van der Waals surface area contributed by atoms with Crippen LogP contribution < -0.4 is 0 Å². The van der Waals surface area contributed by atoms with Gasteiger partial charge in [-0.15, -0.1) is 0 Å².